The number of pyridine rings is 1. The van der Waals surface area contributed by atoms with Gasteiger partial charge in [-0.2, -0.15) is 4.98 Å². The van der Waals surface area contributed by atoms with Gasteiger partial charge in [0.1, 0.15) is 5.82 Å². The molecular weight excluding hydrogens is 374 g/mol. The largest absolute Gasteiger partial charge is 0.369 e. The van der Waals surface area contributed by atoms with Crippen molar-refractivity contribution in [3.05, 3.63) is 46.0 Å². The fraction of sp³-hybridized carbons (Fsp3) is 0.421. The molecule has 4 heterocycles. The molecule has 1 unspecified atom stereocenters. The Bertz CT molecular complexity index is 990. The Morgan fingerprint density at radius 2 is 2.10 bits per heavy atom. The third-order valence-electron chi connectivity index (χ3n) is 5.25. The number of amides is 2. The first-order chi connectivity index (χ1) is 14.0. The van der Waals surface area contributed by atoms with E-state index in [4.69, 9.17) is 5.73 Å². The van der Waals surface area contributed by atoms with Crippen LogP contribution in [0.4, 0.5) is 11.8 Å². The Kier molecular flexibility index (Phi) is 5.15. The lowest BCUT2D eigenvalue weighted by Crippen LogP contribution is -2.50. The first-order valence-corrected chi connectivity index (χ1v) is 9.59. The van der Waals surface area contributed by atoms with Gasteiger partial charge < -0.3 is 20.9 Å². The summed E-state index contributed by atoms with van der Waals surface area (Å²) in [5.74, 6) is 0.723. The number of aromatic amines is 1. The quantitative estimate of drug-likeness (QED) is 0.626. The van der Waals surface area contributed by atoms with Gasteiger partial charge in [0, 0.05) is 44.6 Å². The van der Waals surface area contributed by atoms with E-state index in [0.29, 0.717) is 30.4 Å². The van der Waals surface area contributed by atoms with Crippen LogP contribution in [0.1, 0.15) is 22.3 Å². The van der Waals surface area contributed by atoms with Crippen LogP contribution in [-0.2, 0) is 11.2 Å². The van der Waals surface area contributed by atoms with Gasteiger partial charge in [0.05, 0.1) is 12.1 Å². The van der Waals surface area contributed by atoms with Gasteiger partial charge in [0.25, 0.3) is 11.5 Å². The van der Waals surface area contributed by atoms with E-state index in [0.717, 1.165) is 31.5 Å². The van der Waals surface area contributed by atoms with Crippen molar-refractivity contribution in [2.75, 3.05) is 43.4 Å². The molecule has 2 aliphatic heterocycles. The zero-order chi connectivity index (χ0) is 20.4. The second-order valence-corrected chi connectivity index (χ2v) is 7.45. The zero-order valence-corrected chi connectivity index (χ0v) is 15.9. The SMILES string of the molecule is Nc1nc(N2CCC(Cc3cncc(C(=O)N4CCNC(=O)C4)c3)C2)cc(=O)[nH]1. The first kappa shape index (κ1) is 18.9. The molecular formula is C19H23N7O3. The first-order valence-electron chi connectivity index (χ1n) is 9.59. The van der Waals surface area contributed by atoms with Crippen LogP contribution in [0, 0.1) is 5.92 Å². The van der Waals surface area contributed by atoms with Crippen molar-refractivity contribution in [3.63, 3.8) is 0 Å². The van der Waals surface area contributed by atoms with Gasteiger partial charge in [0.15, 0.2) is 0 Å². The van der Waals surface area contributed by atoms with Crippen LogP contribution in [0.2, 0.25) is 0 Å². The molecule has 0 aromatic carbocycles. The summed E-state index contributed by atoms with van der Waals surface area (Å²) in [5.41, 5.74) is 6.84. The minimum absolute atomic E-state index is 0.0764. The lowest BCUT2D eigenvalue weighted by molar-refractivity contribution is -0.123. The number of H-pyrrole nitrogens is 1. The molecule has 0 saturated carbocycles. The topological polar surface area (TPSA) is 137 Å². The predicted molar refractivity (Wildman–Crippen MR) is 106 cm³/mol. The van der Waals surface area contributed by atoms with Crippen LogP contribution < -0.4 is 21.5 Å². The standard InChI is InChI=1S/C19H23N7O3/c20-19-23-15(7-16(27)24-19)25-3-1-12(10-25)5-13-6-14(9-21-8-13)18(29)26-4-2-22-17(28)11-26/h6-9,12H,1-5,10-11H2,(H,22,28)(H3,20,23,24,27). The van der Waals surface area contributed by atoms with Gasteiger partial charge in [-0.25, -0.2) is 0 Å². The Morgan fingerprint density at radius 3 is 2.90 bits per heavy atom. The molecule has 2 aromatic rings. The molecule has 0 spiro atoms. The molecule has 2 amide bonds. The summed E-state index contributed by atoms with van der Waals surface area (Å²) in [6.45, 7) is 2.58. The third-order valence-corrected chi connectivity index (χ3v) is 5.25. The summed E-state index contributed by atoms with van der Waals surface area (Å²) in [4.78, 5) is 50.3. The highest BCUT2D eigenvalue weighted by Gasteiger charge is 2.26. The molecule has 10 nitrogen and oxygen atoms in total. The predicted octanol–water partition coefficient (Wildman–Crippen LogP) is -0.612. The summed E-state index contributed by atoms with van der Waals surface area (Å²) < 4.78 is 0. The van der Waals surface area contributed by atoms with Crippen LogP contribution in [0.3, 0.4) is 0 Å². The van der Waals surface area contributed by atoms with Gasteiger partial charge in [-0.1, -0.05) is 0 Å². The lowest BCUT2D eigenvalue weighted by Gasteiger charge is -2.26. The smallest absolute Gasteiger partial charge is 0.255 e. The summed E-state index contributed by atoms with van der Waals surface area (Å²) in [6.07, 6.45) is 5.02. The molecule has 10 heteroatoms. The van der Waals surface area contributed by atoms with Crippen molar-refractivity contribution in [1.82, 2.24) is 25.2 Å². The number of piperazine rings is 1. The molecule has 2 saturated heterocycles. The molecule has 29 heavy (non-hydrogen) atoms. The lowest BCUT2D eigenvalue weighted by atomic mass is 9.99. The Balaban J connectivity index is 1.41. The molecule has 0 radical (unpaired) electrons. The van der Waals surface area contributed by atoms with E-state index in [1.54, 1.807) is 17.3 Å². The number of nitrogens with two attached hydrogens (primary N) is 1. The number of anilines is 2. The normalized spacial score (nSPS) is 19.3. The monoisotopic (exact) mass is 397 g/mol. The molecule has 4 N–H and O–H groups in total. The summed E-state index contributed by atoms with van der Waals surface area (Å²) in [5, 5.41) is 2.71. The number of carbonyl (C=O) groups is 2. The van der Waals surface area contributed by atoms with E-state index < -0.39 is 0 Å². The molecule has 0 aliphatic carbocycles. The van der Waals surface area contributed by atoms with Crippen LogP contribution in [0.15, 0.2) is 29.3 Å². The number of rotatable bonds is 4. The van der Waals surface area contributed by atoms with E-state index in [1.807, 2.05) is 11.0 Å². The van der Waals surface area contributed by atoms with Crippen LogP contribution >= 0.6 is 0 Å². The van der Waals surface area contributed by atoms with Crippen LogP contribution in [0.25, 0.3) is 0 Å². The van der Waals surface area contributed by atoms with Crippen molar-refractivity contribution in [2.24, 2.45) is 5.92 Å². The fourth-order valence-electron chi connectivity index (χ4n) is 3.88. The summed E-state index contributed by atoms with van der Waals surface area (Å²) in [7, 11) is 0. The van der Waals surface area contributed by atoms with Gasteiger partial charge in [-0.05, 0) is 30.4 Å². The molecule has 2 aliphatic rings. The van der Waals surface area contributed by atoms with Crippen molar-refractivity contribution in [3.8, 4) is 0 Å². The maximum absolute atomic E-state index is 12.7. The zero-order valence-electron chi connectivity index (χ0n) is 15.9. The number of carbonyl (C=O) groups excluding carboxylic acids is 2. The van der Waals surface area contributed by atoms with Gasteiger partial charge in [-0.3, -0.25) is 24.4 Å². The molecule has 2 fully saturated rings. The summed E-state index contributed by atoms with van der Waals surface area (Å²) in [6, 6.07) is 3.31. The number of hydrogen-bond donors (Lipinski definition) is 3. The van der Waals surface area contributed by atoms with Gasteiger partial charge >= 0.3 is 0 Å². The van der Waals surface area contributed by atoms with Crippen molar-refractivity contribution in [2.45, 2.75) is 12.8 Å². The average Bonchev–Trinajstić information content (AvgIpc) is 3.15. The Morgan fingerprint density at radius 1 is 1.24 bits per heavy atom. The van der Waals surface area contributed by atoms with Crippen LogP contribution in [-0.4, -0.2) is 64.4 Å². The maximum atomic E-state index is 12.7. The van der Waals surface area contributed by atoms with E-state index in [-0.39, 0.29) is 29.9 Å². The van der Waals surface area contributed by atoms with Gasteiger partial charge in [0.2, 0.25) is 11.9 Å². The van der Waals surface area contributed by atoms with Gasteiger partial charge in [-0.15, -0.1) is 0 Å². The Labute approximate surface area is 167 Å². The van der Waals surface area contributed by atoms with E-state index in [1.165, 1.54) is 6.07 Å². The minimum atomic E-state index is -0.266. The number of nitrogen functional groups attached to an aromatic ring is 1. The second kappa shape index (κ2) is 7.90. The maximum Gasteiger partial charge on any atom is 0.255 e. The second-order valence-electron chi connectivity index (χ2n) is 7.45. The van der Waals surface area contributed by atoms with E-state index in [2.05, 4.69) is 20.3 Å². The van der Waals surface area contributed by atoms with Crippen molar-refractivity contribution in [1.29, 1.82) is 0 Å². The molecule has 4 rings (SSSR count). The van der Waals surface area contributed by atoms with Crippen molar-refractivity contribution >= 4 is 23.6 Å². The number of nitrogens with zero attached hydrogens (tertiary/aromatic N) is 4. The Hall–Kier alpha value is -3.43. The van der Waals surface area contributed by atoms with E-state index in [9.17, 15) is 14.4 Å². The van der Waals surface area contributed by atoms with E-state index >= 15 is 0 Å². The minimum Gasteiger partial charge on any atom is -0.369 e. The molecule has 152 valence electrons. The number of aromatic nitrogens is 3. The highest BCUT2D eigenvalue weighted by atomic mass is 16.2. The molecule has 0 bridgehead atoms. The highest BCUT2D eigenvalue weighted by molar-refractivity contribution is 5.96. The molecule has 1 atom stereocenters. The van der Waals surface area contributed by atoms with Crippen molar-refractivity contribution < 1.29 is 9.59 Å². The fourth-order valence-corrected chi connectivity index (χ4v) is 3.88. The number of nitrogens with one attached hydrogen (secondary N) is 2. The average molecular weight is 397 g/mol. The summed E-state index contributed by atoms with van der Waals surface area (Å²) >= 11 is 0. The van der Waals surface area contributed by atoms with Crippen LogP contribution in [0.5, 0.6) is 0 Å². The number of hydrogen-bond acceptors (Lipinski definition) is 7. The third kappa shape index (κ3) is 4.36. The molecule has 2 aromatic heterocycles. The highest BCUT2D eigenvalue weighted by Crippen LogP contribution is 2.24.